The van der Waals surface area contributed by atoms with Crippen molar-refractivity contribution in [2.75, 3.05) is 33.2 Å². The summed E-state index contributed by atoms with van der Waals surface area (Å²) in [5, 5.41) is 1.90. The minimum atomic E-state index is -0.495. The first kappa shape index (κ1) is 15.9. The summed E-state index contributed by atoms with van der Waals surface area (Å²) < 4.78 is 5.15. The number of esters is 1. The average Bonchev–Trinajstić information content (AvgIpc) is 2.27. The summed E-state index contributed by atoms with van der Waals surface area (Å²) >= 11 is 0. The molecule has 19 heavy (non-hydrogen) atoms. The lowest BCUT2D eigenvalue weighted by molar-refractivity contribution is -0.156. The summed E-state index contributed by atoms with van der Waals surface area (Å²) in [5.74, 6) is -0.462. The molecule has 1 N–H and O–H groups in total. The average molecular weight is 271 g/mol. The molecule has 0 unspecified atom stereocenters. The highest BCUT2D eigenvalue weighted by Crippen LogP contribution is 2.09. The minimum absolute atomic E-state index is 0.122. The van der Waals surface area contributed by atoms with Crippen LogP contribution < -0.4 is 5.43 Å². The van der Waals surface area contributed by atoms with Crippen molar-refractivity contribution in [3.05, 3.63) is 0 Å². The molecule has 6 heteroatoms. The molecule has 1 amide bonds. The van der Waals surface area contributed by atoms with E-state index in [-0.39, 0.29) is 24.7 Å². The molecular weight excluding hydrogens is 246 g/mol. The highest BCUT2D eigenvalue weighted by molar-refractivity contribution is 5.81. The number of hydrazine groups is 1. The van der Waals surface area contributed by atoms with E-state index < -0.39 is 5.60 Å². The van der Waals surface area contributed by atoms with Crippen molar-refractivity contribution >= 4 is 11.9 Å². The van der Waals surface area contributed by atoms with Crippen LogP contribution in [0.4, 0.5) is 0 Å². The van der Waals surface area contributed by atoms with Crippen molar-refractivity contribution in [3.8, 4) is 0 Å². The number of carbonyl (C=O) groups excluding carboxylic acids is 2. The Kier molecular flexibility index (Phi) is 5.75. The topological polar surface area (TPSA) is 61.9 Å². The molecule has 6 nitrogen and oxygen atoms in total. The summed E-state index contributed by atoms with van der Waals surface area (Å²) in [6.07, 6.45) is 0.290. The van der Waals surface area contributed by atoms with Gasteiger partial charge in [0.2, 0.25) is 5.91 Å². The van der Waals surface area contributed by atoms with E-state index >= 15 is 0 Å². The highest BCUT2D eigenvalue weighted by atomic mass is 16.6. The lowest BCUT2D eigenvalue weighted by atomic mass is 10.2. The van der Waals surface area contributed by atoms with Crippen molar-refractivity contribution in [1.82, 2.24) is 15.3 Å². The number of nitrogens with one attached hydrogen (secondary N) is 1. The van der Waals surface area contributed by atoms with Gasteiger partial charge in [0, 0.05) is 32.6 Å². The van der Waals surface area contributed by atoms with Gasteiger partial charge >= 0.3 is 5.97 Å². The van der Waals surface area contributed by atoms with Crippen LogP contribution in [-0.2, 0) is 14.3 Å². The second-order valence-corrected chi connectivity index (χ2v) is 5.91. The van der Waals surface area contributed by atoms with Gasteiger partial charge in [0.15, 0.2) is 0 Å². The lowest BCUT2D eigenvalue weighted by Crippen LogP contribution is -2.52. The number of piperazine rings is 1. The zero-order valence-electron chi connectivity index (χ0n) is 12.4. The maximum absolute atomic E-state index is 11.7. The van der Waals surface area contributed by atoms with Crippen LogP contribution in [0, 0.1) is 0 Å². The number of amides is 1. The third-order valence-electron chi connectivity index (χ3n) is 2.76. The molecule has 1 aliphatic heterocycles. The molecular formula is C13H25N3O3. The quantitative estimate of drug-likeness (QED) is 0.749. The largest absolute Gasteiger partial charge is 0.460 e. The van der Waals surface area contributed by atoms with Crippen LogP contribution in [-0.4, -0.2) is 60.6 Å². The van der Waals surface area contributed by atoms with E-state index in [2.05, 4.69) is 17.4 Å². The predicted octanol–water partition coefficient (Wildman–Crippen LogP) is 0.387. The van der Waals surface area contributed by atoms with Gasteiger partial charge in [-0.2, -0.15) is 0 Å². The van der Waals surface area contributed by atoms with Gasteiger partial charge in [-0.1, -0.05) is 0 Å². The number of ether oxygens (including phenoxy) is 1. The van der Waals surface area contributed by atoms with Gasteiger partial charge in [0.05, 0.1) is 6.42 Å². The van der Waals surface area contributed by atoms with Crippen LogP contribution in [0.2, 0.25) is 0 Å². The fraction of sp³-hybridized carbons (Fsp3) is 0.846. The van der Waals surface area contributed by atoms with Gasteiger partial charge in [0.1, 0.15) is 5.60 Å². The molecule has 0 saturated carbocycles. The maximum atomic E-state index is 11.7. The van der Waals surface area contributed by atoms with Gasteiger partial charge in [-0.05, 0) is 27.8 Å². The summed E-state index contributed by atoms with van der Waals surface area (Å²) in [5.41, 5.74) is 2.32. The van der Waals surface area contributed by atoms with E-state index in [1.807, 2.05) is 25.8 Å². The van der Waals surface area contributed by atoms with Crippen LogP contribution in [0.1, 0.15) is 33.6 Å². The predicted molar refractivity (Wildman–Crippen MR) is 72.3 cm³/mol. The molecule has 0 bridgehead atoms. The molecule has 110 valence electrons. The van der Waals surface area contributed by atoms with Crippen LogP contribution in [0.25, 0.3) is 0 Å². The first-order chi connectivity index (χ1) is 8.76. The lowest BCUT2D eigenvalue weighted by Gasteiger charge is -2.32. The molecule has 0 aromatic carbocycles. The fourth-order valence-corrected chi connectivity index (χ4v) is 1.76. The molecule has 1 heterocycles. The Bertz CT molecular complexity index is 318. The van der Waals surface area contributed by atoms with Crippen molar-refractivity contribution in [2.24, 2.45) is 0 Å². The Morgan fingerprint density at radius 3 is 2.21 bits per heavy atom. The van der Waals surface area contributed by atoms with Gasteiger partial charge in [-0.3, -0.25) is 15.0 Å². The number of hydrogen-bond donors (Lipinski definition) is 1. The second kappa shape index (κ2) is 6.86. The van der Waals surface area contributed by atoms with Gasteiger partial charge < -0.3 is 9.64 Å². The molecule has 1 fully saturated rings. The molecule has 0 radical (unpaired) electrons. The van der Waals surface area contributed by atoms with E-state index in [1.54, 1.807) is 0 Å². The number of hydrogen-bond acceptors (Lipinski definition) is 5. The summed E-state index contributed by atoms with van der Waals surface area (Å²) in [6, 6.07) is 0. The smallest absolute Gasteiger partial charge is 0.306 e. The molecule has 0 aromatic rings. The molecule has 0 aliphatic carbocycles. The molecule has 0 aromatic heterocycles. The van der Waals surface area contributed by atoms with E-state index in [1.165, 1.54) is 0 Å². The summed E-state index contributed by atoms with van der Waals surface area (Å²) in [6.45, 7) is 8.95. The van der Waals surface area contributed by atoms with Crippen LogP contribution in [0.15, 0.2) is 0 Å². The molecule has 1 rings (SSSR count). The fourth-order valence-electron chi connectivity index (χ4n) is 1.76. The number of carbonyl (C=O) groups is 2. The van der Waals surface area contributed by atoms with Crippen LogP contribution in [0.5, 0.6) is 0 Å². The summed E-state index contributed by atoms with van der Waals surface area (Å²) in [7, 11) is 2.06. The second-order valence-electron chi connectivity index (χ2n) is 5.91. The van der Waals surface area contributed by atoms with Crippen molar-refractivity contribution < 1.29 is 14.3 Å². The third kappa shape index (κ3) is 7.12. The number of likely N-dealkylation sites (N-methyl/N-ethyl adjacent to an activating group) is 1. The SMILES string of the molecule is CN1CCN(NC(=O)CCC(=O)OC(C)(C)C)CC1. The van der Waals surface area contributed by atoms with Gasteiger partial charge in [-0.15, -0.1) is 0 Å². The first-order valence-corrected chi connectivity index (χ1v) is 6.71. The monoisotopic (exact) mass is 271 g/mol. The standard InChI is InChI=1S/C13H25N3O3/c1-13(2,3)19-12(18)6-5-11(17)14-16-9-7-15(4)8-10-16/h5-10H2,1-4H3,(H,14,17). The highest BCUT2D eigenvalue weighted by Gasteiger charge is 2.19. The van der Waals surface area contributed by atoms with E-state index in [4.69, 9.17) is 4.74 Å². The van der Waals surface area contributed by atoms with Crippen LogP contribution in [0.3, 0.4) is 0 Å². The van der Waals surface area contributed by atoms with Gasteiger partial charge in [-0.25, -0.2) is 5.01 Å². The van der Waals surface area contributed by atoms with Crippen LogP contribution >= 0.6 is 0 Å². The normalized spacial score (nSPS) is 18.1. The Morgan fingerprint density at radius 2 is 1.68 bits per heavy atom. The Hall–Kier alpha value is -1.14. The van der Waals surface area contributed by atoms with Crippen molar-refractivity contribution in [2.45, 2.75) is 39.2 Å². The number of rotatable bonds is 4. The first-order valence-electron chi connectivity index (χ1n) is 6.71. The Labute approximate surface area is 115 Å². The van der Waals surface area contributed by atoms with E-state index in [9.17, 15) is 9.59 Å². The third-order valence-corrected chi connectivity index (χ3v) is 2.76. The van der Waals surface area contributed by atoms with Gasteiger partial charge in [0.25, 0.3) is 0 Å². The molecule has 1 aliphatic rings. The van der Waals surface area contributed by atoms with Crippen molar-refractivity contribution in [1.29, 1.82) is 0 Å². The zero-order valence-corrected chi connectivity index (χ0v) is 12.4. The Morgan fingerprint density at radius 1 is 1.11 bits per heavy atom. The molecule has 0 spiro atoms. The summed E-state index contributed by atoms with van der Waals surface area (Å²) in [4.78, 5) is 25.4. The maximum Gasteiger partial charge on any atom is 0.306 e. The van der Waals surface area contributed by atoms with E-state index in [0.29, 0.717) is 0 Å². The number of nitrogens with zero attached hydrogens (tertiary/aromatic N) is 2. The minimum Gasteiger partial charge on any atom is -0.460 e. The molecule has 1 saturated heterocycles. The van der Waals surface area contributed by atoms with Crippen molar-refractivity contribution in [3.63, 3.8) is 0 Å². The zero-order chi connectivity index (χ0) is 14.5. The molecule has 0 atom stereocenters. The van der Waals surface area contributed by atoms with E-state index in [0.717, 1.165) is 26.2 Å². The Balaban J connectivity index is 2.19.